The van der Waals surface area contributed by atoms with E-state index in [-0.39, 0.29) is 6.10 Å². The van der Waals surface area contributed by atoms with Gasteiger partial charge in [0, 0.05) is 18.0 Å². The highest BCUT2D eigenvalue weighted by Gasteiger charge is 2.31. The van der Waals surface area contributed by atoms with Gasteiger partial charge < -0.3 is 15.2 Å². The van der Waals surface area contributed by atoms with Gasteiger partial charge in [0.05, 0.1) is 19.3 Å². The van der Waals surface area contributed by atoms with Crippen molar-refractivity contribution in [2.75, 3.05) is 13.2 Å². The molecule has 0 amide bonds. The minimum Gasteiger partial charge on any atom is -0.393 e. The van der Waals surface area contributed by atoms with E-state index in [2.05, 4.69) is 12.2 Å². The number of aliphatic hydroxyl groups excluding tert-OH is 1. The van der Waals surface area contributed by atoms with Crippen LogP contribution in [-0.4, -0.2) is 36.5 Å². The van der Waals surface area contributed by atoms with Crippen LogP contribution in [0.2, 0.25) is 0 Å². The Morgan fingerprint density at radius 1 is 0.850 bits per heavy atom. The average molecular weight is 283 g/mol. The fraction of sp³-hybridized carbons (Fsp3) is 1.00. The fourth-order valence-corrected chi connectivity index (χ4v) is 3.75. The molecule has 0 aromatic heterocycles. The maximum absolute atomic E-state index is 10.6. The zero-order chi connectivity index (χ0) is 14.2. The summed E-state index contributed by atoms with van der Waals surface area (Å²) < 4.78 is 5.69. The molecule has 2 rings (SSSR count). The summed E-state index contributed by atoms with van der Waals surface area (Å²) >= 11 is 0. The van der Waals surface area contributed by atoms with Gasteiger partial charge in [-0.2, -0.15) is 0 Å². The topological polar surface area (TPSA) is 41.5 Å². The molecule has 20 heavy (non-hydrogen) atoms. The summed E-state index contributed by atoms with van der Waals surface area (Å²) in [5.41, 5.74) is 0. The van der Waals surface area contributed by atoms with Crippen molar-refractivity contribution >= 4 is 0 Å². The maximum Gasteiger partial charge on any atom is 0.0624 e. The molecule has 4 unspecified atom stereocenters. The molecule has 1 saturated carbocycles. The van der Waals surface area contributed by atoms with Crippen LogP contribution in [-0.2, 0) is 4.74 Å². The molecule has 0 aromatic carbocycles. The average Bonchev–Trinajstić information content (AvgIpc) is 2.43. The van der Waals surface area contributed by atoms with Crippen LogP contribution in [0, 0.1) is 5.92 Å². The molecule has 4 atom stereocenters. The number of aliphatic hydroxyl groups is 1. The van der Waals surface area contributed by atoms with Crippen molar-refractivity contribution in [2.45, 2.75) is 89.3 Å². The van der Waals surface area contributed by atoms with E-state index in [4.69, 9.17) is 4.74 Å². The SMILES string of the molecule is CC1COCC(C2CCCCCCCCCCC2O)N1. The molecule has 3 heteroatoms. The van der Waals surface area contributed by atoms with Gasteiger partial charge in [0.25, 0.3) is 0 Å². The smallest absolute Gasteiger partial charge is 0.0624 e. The molecule has 118 valence electrons. The summed E-state index contributed by atoms with van der Waals surface area (Å²) in [5.74, 6) is 0.372. The molecule has 2 aliphatic rings. The maximum atomic E-state index is 10.6. The molecule has 1 aliphatic heterocycles. The summed E-state index contributed by atoms with van der Waals surface area (Å²) in [7, 11) is 0. The lowest BCUT2D eigenvalue weighted by atomic mass is 9.84. The third-order valence-corrected chi connectivity index (χ3v) is 4.96. The standard InChI is InChI=1S/C17H33NO2/c1-14-12-20-13-16(18-14)15-10-8-6-4-2-3-5-7-9-11-17(15)19/h14-19H,2-13H2,1H3. The van der Waals surface area contributed by atoms with Crippen LogP contribution in [0.3, 0.4) is 0 Å². The van der Waals surface area contributed by atoms with Crippen molar-refractivity contribution < 1.29 is 9.84 Å². The molecule has 1 aliphatic carbocycles. The van der Waals surface area contributed by atoms with Crippen LogP contribution in [0.4, 0.5) is 0 Å². The number of ether oxygens (including phenoxy) is 1. The first-order valence-corrected chi connectivity index (χ1v) is 8.79. The number of nitrogens with one attached hydrogen (secondary N) is 1. The molecule has 2 N–H and O–H groups in total. The summed E-state index contributed by atoms with van der Waals surface area (Å²) in [6.07, 6.45) is 12.5. The Kier molecular flexibility index (Phi) is 7.32. The lowest BCUT2D eigenvalue weighted by molar-refractivity contribution is -0.00936. The van der Waals surface area contributed by atoms with Gasteiger partial charge >= 0.3 is 0 Å². The second-order valence-electron chi connectivity index (χ2n) is 6.85. The zero-order valence-electron chi connectivity index (χ0n) is 13.2. The van der Waals surface area contributed by atoms with Crippen LogP contribution in [0.1, 0.15) is 71.1 Å². The van der Waals surface area contributed by atoms with Crippen molar-refractivity contribution in [3.63, 3.8) is 0 Å². The highest BCUT2D eigenvalue weighted by Crippen LogP contribution is 2.25. The van der Waals surface area contributed by atoms with E-state index in [0.29, 0.717) is 18.0 Å². The van der Waals surface area contributed by atoms with Gasteiger partial charge in [-0.25, -0.2) is 0 Å². The monoisotopic (exact) mass is 283 g/mol. The van der Waals surface area contributed by atoms with E-state index in [1.807, 2.05) is 0 Å². The Labute approximate surface area is 124 Å². The van der Waals surface area contributed by atoms with Crippen LogP contribution in [0.5, 0.6) is 0 Å². The quantitative estimate of drug-likeness (QED) is 0.776. The Bertz CT molecular complexity index is 259. The molecule has 1 heterocycles. The summed E-state index contributed by atoms with van der Waals surface area (Å²) in [6.45, 7) is 3.75. The lowest BCUT2D eigenvalue weighted by Crippen LogP contribution is -2.53. The minimum absolute atomic E-state index is 0.152. The van der Waals surface area contributed by atoms with Crippen molar-refractivity contribution in [1.82, 2.24) is 5.32 Å². The van der Waals surface area contributed by atoms with E-state index in [0.717, 1.165) is 26.1 Å². The van der Waals surface area contributed by atoms with Crippen LogP contribution in [0.25, 0.3) is 0 Å². The van der Waals surface area contributed by atoms with Gasteiger partial charge in [-0.3, -0.25) is 0 Å². The summed E-state index contributed by atoms with van der Waals surface area (Å²) in [6, 6.07) is 0.763. The van der Waals surface area contributed by atoms with Gasteiger partial charge in [0.15, 0.2) is 0 Å². The second-order valence-corrected chi connectivity index (χ2v) is 6.85. The first-order chi connectivity index (χ1) is 9.77. The van der Waals surface area contributed by atoms with E-state index in [9.17, 15) is 5.11 Å². The highest BCUT2D eigenvalue weighted by molar-refractivity contribution is 4.86. The van der Waals surface area contributed by atoms with Crippen molar-refractivity contribution in [3.05, 3.63) is 0 Å². The first-order valence-electron chi connectivity index (χ1n) is 8.79. The van der Waals surface area contributed by atoms with Gasteiger partial charge in [0.1, 0.15) is 0 Å². The first kappa shape index (κ1) is 16.3. The normalized spacial score (nSPS) is 38.7. The Balaban J connectivity index is 1.89. The van der Waals surface area contributed by atoms with E-state index in [1.54, 1.807) is 0 Å². The third kappa shape index (κ3) is 5.34. The predicted octanol–water partition coefficient (Wildman–Crippen LogP) is 3.26. The van der Waals surface area contributed by atoms with E-state index < -0.39 is 0 Å². The summed E-state index contributed by atoms with van der Waals surface area (Å²) in [5, 5.41) is 14.2. The lowest BCUT2D eigenvalue weighted by Gasteiger charge is -2.37. The third-order valence-electron chi connectivity index (χ3n) is 4.96. The molecular formula is C17H33NO2. The minimum atomic E-state index is -0.152. The molecular weight excluding hydrogens is 250 g/mol. The molecule has 0 spiro atoms. The van der Waals surface area contributed by atoms with Crippen LogP contribution < -0.4 is 5.32 Å². The largest absolute Gasteiger partial charge is 0.393 e. The van der Waals surface area contributed by atoms with Gasteiger partial charge in [-0.15, -0.1) is 0 Å². The molecule has 0 aromatic rings. The van der Waals surface area contributed by atoms with Crippen LogP contribution >= 0.6 is 0 Å². The van der Waals surface area contributed by atoms with Crippen LogP contribution in [0.15, 0.2) is 0 Å². The van der Waals surface area contributed by atoms with Gasteiger partial charge in [-0.05, 0) is 19.8 Å². The molecule has 0 radical (unpaired) electrons. The summed E-state index contributed by atoms with van der Waals surface area (Å²) in [4.78, 5) is 0. The molecule has 3 nitrogen and oxygen atoms in total. The van der Waals surface area contributed by atoms with E-state index in [1.165, 1.54) is 51.4 Å². The van der Waals surface area contributed by atoms with Crippen molar-refractivity contribution in [3.8, 4) is 0 Å². The number of hydrogen-bond donors (Lipinski definition) is 2. The molecule has 1 saturated heterocycles. The number of morpholine rings is 1. The van der Waals surface area contributed by atoms with Gasteiger partial charge in [0.2, 0.25) is 0 Å². The predicted molar refractivity (Wildman–Crippen MR) is 82.9 cm³/mol. The van der Waals surface area contributed by atoms with Crippen molar-refractivity contribution in [2.24, 2.45) is 5.92 Å². The Morgan fingerprint density at radius 3 is 2.10 bits per heavy atom. The highest BCUT2D eigenvalue weighted by atomic mass is 16.5. The Hall–Kier alpha value is -0.120. The molecule has 2 fully saturated rings. The van der Waals surface area contributed by atoms with Crippen molar-refractivity contribution in [1.29, 1.82) is 0 Å². The number of rotatable bonds is 1. The number of hydrogen-bond acceptors (Lipinski definition) is 3. The second kappa shape index (κ2) is 9.01. The molecule has 0 bridgehead atoms. The van der Waals surface area contributed by atoms with Gasteiger partial charge in [-0.1, -0.05) is 51.4 Å². The fourth-order valence-electron chi connectivity index (χ4n) is 3.75. The zero-order valence-corrected chi connectivity index (χ0v) is 13.2. The Morgan fingerprint density at radius 2 is 1.45 bits per heavy atom. The van der Waals surface area contributed by atoms with E-state index >= 15 is 0 Å².